The van der Waals surface area contributed by atoms with E-state index in [0.29, 0.717) is 5.69 Å². The number of nitrogens with zero attached hydrogens (tertiary/aromatic N) is 1. The predicted octanol–water partition coefficient (Wildman–Crippen LogP) is 5.44. The Hall–Kier alpha value is -2.60. The highest BCUT2D eigenvalue weighted by Gasteiger charge is 2.25. The predicted molar refractivity (Wildman–Crippen MR) is 107 cm³/mol. The zero-order chi connectivity index (χ0) is 18.8. The molecule has 1 aromatic carbocycles. The molecule has 6 heteroatoms. The van der Waals surface area contributed by atoms with E-state index in [4.69, 9.17) is 0 Å². The molecule has 1 atom stereocenters. The Bertz CT molecular complexity index is 931. The minimum absolute atomic E-state index is 0.124. The smallest absolute Gasteiger partial charge is 0.319 e. The maximum absolute atomic E-state index is 13.0. The van der Waals surface area contributed by atoms with Gasteiger partial charge in [-0.15, -0.1) is 11.3 Å². The van der Waals surface area contributed by atoms with Gasteiger partial charge in [0.2, 0.25) is 0 Å². The highest BCUT2D eigenvalue weighted by Crippen LogP contribution is 2.40. The molecule has 4 nitrogen and oxygen atoms in total. The Morgan fingerprint density at radius 1 is 1.15 bits per heavy atom. The summed E-state index contributed by atoms with van der Waals surface area (Å²) in [6.07, 6.45) is 8.69. The van der Waals surface area contributed by atoms with Crippen LogP contribution in [-0.2, 0) is 12.8 Å². The van der Waals surface area contributed by atoms with Gasteiger partial charge in [-0.1, -0.05) is 0 Å². The molecule has 27 heavy (non-hydrogen) atoms. The van der Waals surface area contributed by atoms with Crippen LogP contribution in [0.15, 0.2) is 48.8 Å². The molecule has 0 bridgehead atoms. The molecule has 0 saturated carbocycles. The molecule has 140 valence electrons. The van der Waals surface area contributed by atoms with Crippen LogP contribution < -0.4 is 10.6 Å². The largest absolute Gasteiger partial charge is 0.331 e. The number of urea groups is 1. The SMILES string of the molecule is C[C@@H](NC(=O)Nc1ccc(F)cc1)c1c(-n2cccc2)sc2c1CCCC2. The van der Waals surface area contributed by atoms with Crippen LogP contribution in [0.5, 0.6) is 0 Å². The molecule has 2 N–H and O–H groups in total. The third-order valence-electron chi connectivity index (χ3n) is 4.91. The Labute approximate surface area is 162 Å². The third-order valence-corrected chi connectivity index (χ3v) is 6.24. The van der Waals surface area contributed by atoms with Gasteiger partial charge in [-0.05, 0) is 74.6 Å². The summed E-state index contributed by atoms with van der Waals surface area (Å²) in [6, 6.07) is 9.39. The number of hydrogen-bond acceptors (Lipinski definition) is 2. The number of hydrogen-bond donors (Lipinski definition) is 2. The minimum atomic E-state index is -0.324. The molecular formula is C21H22FN3OS. The van der Waals surface area contributed by atoms with Crippen molar-refractivity contribution >= 4 is 23.1 Å². The fourth-order valence-corrected chi connectivity index (χ4v) is 5.11. The Morgan fingerprint density at radius 2 is 1.85 bits per heavy atom. The molecule has 1 aliphatic carbocycles. The average molecular weight is 383 g/mol. The van der Waals surface area contributed by atoms with Crippen molar-refractivity contribution in [2.24, 2.45) is 0 Å². The van der Waals surface area contributed by atoms with Crippen molar-refractivity contribution in [3.05, 3.63) is 70.6 Å². The van der Waals surface area contributed by atoms with Gasteiger partial charge in [-0.25, -0.2) is 9.18 Å². The van der Waals surface area contributed by atoms with Gasteiger partial charge >= 0.3 is 6.03 Å². The zero-order valence-corrected chi connectivity index (χ0v) is 16.0. The molecule has 3 aromatic rings. The van der Waals surface area contributed by atoms with E-state index in [0.717, 1.165) is 12.8 Å². The lowest BCUT2D eigenvalue weighted by Crippen LogP contribution is -2.32. The first-order valence-corrected chi connectivity index (χ1v) is 10.0. The Kier molecular flexibility index (Phi) is 4.99. The molecule has 0 fully saturated rings. The summed E-state index contributed by atoms with van der Waals surface area (Å²) in [4.78, 5) is 13.9. The lowest BCUT2D eigenvalue weighted by molar-refractivity contribution is 0.249. The van der Waals surface area contributed by atoms with Crippen molar-refractivity contribution < 1.29 is 9.18 Å². The summed E-state index contributed by atoms with van der Waals surface area (Å²) >= 11 is 1.83. The minimum Gasteiger partial charge on any atom is -0.331 e. The quantitative estimate of drug-likeness (QED) is 0.619. The second kappa shape index (κ2) is 7.56. The molecule has 0 radical (unpaired) electrons. The monoisotopic (exact) mass is 383 g/mol. The number of carbonyl (C=O) groups excluding carboxylic acids is 1. The molecule has 2 aromatic heterocycles. The topological polar surface area (TPSA) is 46.1 Å². The standard InChI is InChI=1S/C21H22FN3OS/c1-14(23-21(26)24-16-10-8-15(22)9-11-16)19-17-6-2-3-7-18(17)27-20(19)25-12-4-5-13-25/h4-5,8-14H,2-3,6-7H2,1H3,(H2,23,24,26)/t14-/m1/s1. The first kappa shape index (κ1) is 17.8. The average Bonchev–Trinajstić information content (AvgIpc) is 3.30. The van der Waals surface area contributed by atoms with Crippen LogP contribution >= 0.6 is 11.3 Å². The van der Waals surface area contributed by atoms with Gasteiger partial charge in [0.15, 0.2) is 0 Å². The number of benzene rings is 1. The summed E-state index contributed by atoms with van der Waals surface area (Å²) in [7, 11) is 0. The van der Waals surface area contributed by atoms with Crippen LogP contribution in [0.2, 0.25) is 0 Å². The normalized spacial score (nSPS) is 14.4. The molecule has 0 spiro atoms. The number of fused-ring (bicyclic) bond motifs is 1. The van der Waals surface area contributed by atoms with Crippen LogP contribution in [0.25, 0.3) is 5.00 Å². The number of aromatic nitrogens is 1. The molecular weight excluding hydrogens is 361 g/mol. The summed E-state index contributed by atoms with van der Waals surface area (Å²) in [5.74, 6) is -0.324. The first-order chi connectivity index (χ1) is 13.1. The number of amides is 2. The van der Waals surface area contributed by atoms with Crippen LogP contribution in [0, 0.1) is 5.82 Å². The summed E-state index contributed by atoms with van der Waals surface area (Å²) < 4.78 is 15.2. The lowest BCUT2D eigenvalue weighted by atomic mass is 9.93. The first-order valence-electron chi connectivity index (χ1n) is 9.22. The van der Waals surface area contributed by atoms with E-state index in [9.17, 15) is 9.18 Å². The van der Waals surface area contributed by atoms with Crippen LogP contribution in [-0.4, -0.2) is 10.6 Å². The molecule has 0 unspecified atom stereocenters. The number of carbonyl (C=O) groups is 1. The van der Waals surface area contributed by atoms with Gasteiger partial charge in [0.25, 0.3) is 0 Å². The van der Waals surface area contributed by atoms with Crippen molar-refractivity contribution in [1.29, 1.82) is 0 Å². The lowest BCUT2D eigenvalue weighted by Gasteiger charge is -2.20. The maximum atomic E-state index is 13.0. The van der Waals surface area contributed by atoms with Gasteiger partial charge in [-0.3, -0.25) is 0 Å². The van der Waals surface area contributed by atoms with Crippen molar-refractivity contribution in [2.45, 2.75) is 38.6 Å². The van der Waals surface area contributed by atoms with Crippen LogP contribution in [0.4, 0.5) is 14.9 Å². The van der Waals surface area contributed by atoms with Crippen molar-refractivity contribution in [3.8, 4) is 5.00 Å². The number of anilines is 1. The molecule has 4 rings (SSSR count). The fraction of sp³-hybridized carbons (Fsp3) is 0.286. The highest BCUT2D eigenvalue weighted by atomic mass is 32.1. The maximum Gasteiger partial charge on any atom is 0.319 e. The van der Waals surface area contributed by atoms with Crippen molar-refractivity contribution in [1.82, 2.24) is 9.88 Å². The van der Waals surface area contributed by atoms with Gasteiger partial charge < -0.3 is 15.2 Å². The van der Waals surface area contributed by atoms with E-state index < -0.39 is 0 Å². The fourth-order valence-electron chi connectivity index (χ4n) is 3.65. The molecule has 0 saturated heterocycles. The van der Waals surface area contributed by atoms with Gasteiger partial charge in [0, 0.05) is 28.5 Å². The van der Waals surface area contributed by atoms with E-state index in [2.05, 4.69) is 15.2 Å². The second-order valence-corrected chi connectivity index (χ2v) is 7.93. The summed E-state index contributed by atoms with van der Waals surface area (Å²) in [5.41, 5.74) is 3.17. The molecule has 2 amide bonds. The van der Waals surface area contributed by atoms with E-state index in [1.807, 2.05) is 42.8 Å². The van der Waals surface area contributed by atoms with Crippen LogP contribution in [0.1, 0.15) is 41.8 Å². The number of nitrogens with one attached hydrogen (secondary N) is 2. The van der Waals surface area contributed by atoms with Gasteiger partial charge in [-0.2, -0.15) is 0 Å². The summed E-state index contributed by atoms with van der Waals surface area (Å²) in [5, 5.41) is 7.01. The van der Waals surface area contributed by atoms with Gasteiger partial charge in [0.1, 0.15) is 10.8 Å². The van der Waals surface area contributed by atoms with Crippen molar-refractivity contribution in [3.63, 3.8) is 0 Å². The number of thiophene rings is 1. The Morgan fingerprint density at radius 3 is 2.59 bits per heavy atom. The molecule has 0 aliphatic heterocycles. The molecule has 2 heterocycles. The number of aryl methyl sites for hydroxylation is 1. The highest BCUT2D eigenvalue weighted by molar-refractivity contribution is 7.15. The second-order valence-electron chi connectivity index (χ2n) is 6.85. The summed E-state index contributed by atoms with van der Waals surface area (Å²) in [6.45, 7) is 2.02. The van der Waals surface area contributed by atoms with Crippen molar-refractivity contribution in [2.75, 3.05) is 5.32 Å². The Balaban J connectivity index is 1.57. The van der Waals surface area contributed by atoms with Gasteiger partial charge in [0.05, 0.1) is 6.04 Å². The third kappa shape index (κ3) is 3.76. The zero-order valence-electron chi connectivity index (χ0n) is 15.2. The number of halogens is 1. The van der Waals surface area contributed by atoms with E-state index in [1.54, 1.807) is 12.1 Å². The molecule has 1 aliphatic rings. The van der Waals surface area contributed by atoms with E-state index in [1.165, 1.54) is 46.0 Å². The van der Waals surface area contributed by atoms with E-state index >= 15 is 0 Å². The number of rotatable bonds is 4. The van der Waals surface area contributed by atoms with Crippen LogP contribution in [0.3, 0.4) is 0 Å². The van der Waals surface area contributed by atoms with E-state index in [-0.39, 0.29) is 17.9 Å².